The summed E-state index contributed by atoms with van der Waals surface area (Å²) in [5, 5.41) is 3.61. The molecule has 0 saturated carbocycles. The number of hydrogen-bond donors (Lipinski definition) is 1. The summed E-state index contributed by atoms with van der Waals surface area (Å²) in [7, 11) is -3.42. The Morgan fingerprint density at radius 3 is 2.46 bits per heavy atom. The zero-order chi connectivity index (χ0) is 20.3. The topological polar surface area (TPSA) is 66.5 Å². The summed E-state index contributed by atoms with van der Waals surface area (Å²) in [6, 6.07) is 12.2. The number of amides is 1. The molecule has 0 spiro atoms. The third kappa shape index (κ3) is 5.48. The Hall–Kier alpha value is -1.12. The van der Waals surface area contributed by atoms with Crippen molar-refractivity contribution in [2.24, 2.45) is 5.92 Å². The molecular formula is C19H19BrCl2N2O3S. The van der Waals surface area contributed by atoms with Gasteiger partial charge in [-0.15, -0.1) is 0 Å². The molecule has 0 unspecified atom stereocenters. The lowest BCUT2D eigenvalue weighted by Gasteiger charge is -2.30. The fourth-order valence-electron chi connectivity index (χ4n) is 3.14. The maximum Gasteiger partial charge on any atom is 0.227 e. The van der Waals surface area contributed by atoms with Crippen LogP contribution in [-0.2, 0) is 20.6 Å². The Kier molecular flexibility index (Phi) is 7.04. The normalized spacial score (nSPS) is 16.1. The second kappa shape index (κ2) is 9.13. The van der Waals surface area contributed by atoms with Crippen LogP contribution in [0.3, 0.4) is 0 Å². The summed E-state index contributed by atoms with van der Waals surface area (Å²) < 4.78 is 27.7. The number of nitrogens with one attached hydrogen (secondary N) is 1. The summed E-state index contributed by atoms with van der Waals surface area (Å²) >= 11 is 15.2. The van der Waals surface area contributed by atoms with Gasteiger partial charge in [-0.3, -0.25) is 4.79 Å². The monoisotopic (exact) mass is 504 g/mol. The molecule has 1 amide bonds. The van der Waals surface area contributed by atoms with E-state index in [4.69, 9.17) is 23.2 Å². The van der Waals surface area contributed by atoms with Crippen LogP contribution in [0, 0.1) is 5.92 Å². The van der Waals surface area contributed by atoms with E-state index in [-0.39, 0.29) is 17.6 Å². The van der Waals surface area contributed by atoms with Crippen molar-refractivity contribution in [3.63, 3.8) is 0 Å². The van der Waals surface area contributed by atoms with Crippen molar-refractivity contribution in [3.05, 3.63) is 62.5 Å². The maximum atomic E-state index is 12.7. The summed E-state index contributed by atoms with van der Waals surface area (Å²) in [5.41, 5.74) is 1.30. The van der Waals surface area contributed by atoms with Crippen molar-refractivity contribution in [3.8, 4) is 0 Å². The molecule has 150 valence electrons. The highest BCUT2D eigenvalue weighted by Gasteiger charge is 2.31. The molecule has 1 saturated heterocycles. The fraction of sp³-hybridized carbons (Fsp3) is 0.316. The number of benzene rings is 2. The molecule has 0 aromatic heterocycles. The van der Waals surface area contributed by atoms with Crippen LogP contribution in [0.2, 0.25) is 10.0 Å². The third-order valence-corrected chi connectivity index (χ3v) is 7.73. The average molecular weight is 506 g/mol. The number of carbonyl (C=O) groups excluding carboxylic acids is 1. The van der Waals surface area contributed by atoms with Gasteiger partial charge in [0.2, 0.25) is 15.9 Å². The molecule has 9 heteroatoms. The summed E-state index contributed by atoms with van der Waals surface area (Å²) in [4.78, 5) is 12.5. The van der Waals surface area contributed by atoms with Crippen LogP contribution in [0.25, 0.3) is 0 Å². The van der Waals surface area contributed by atoms with Crippen LogP contribution in [0.15, 0.2) is 46.9 Å². The van der Waals surface area contributed by atoms with Crippen LogP contribution >= 0.6 is 39.1 Å². The zero-order valence-corrected chi connectivity index (χ0v) is 18.8. The second-order valence-electron chi connectivity index (χ2n) is 6.68. The molecule has 1 heterocycles. The molecule has 3 rings (SSSR count). The van der Waals surface area contributed by atoms with E-state index in [0.29, 0.717) is 41.7 Å². The van der Waals surface area contributed by atoms with Gasteiger partial charge in [-0.2, -0.15) is 0 Å². The number of anilines is 1. The van der Waals surface area contributed by atoms with Gasteiger partial charge in [0.1, 0.15) is 0 Å². The molecular weight excluding hydrogens is 487 g/mol. The standard InChI is InChI=1S/C19H19BrCl2N2O3S/c20-15-3-1-2-13(10-15)12-28(26,27)24-8-6-14(7-9-24)19(25)23-16-4-5-17(21)18(22)11-16/h1-5,10-11,14H,6-9,12H2,(H,23,25). The van der Waals surface area contributed by atoms with Gasteiger partial charge in [-0.25, -0.2) is 12.7 Å². The quantitative estimate of drug-likeness (QED) is 0.626. The van der Waals surface area contributed by atoms with Gasteiger partial charge in [0.25, 0.3) is 0 Å². The van der Waals surface area contributed by atoms with E-state index in [0.717, 1.165) is 10.0 Å². The lowest BCUT2D eigenvalue weighted by atomic mass is 9.97. The van der Waals surface area contributed by atoms with E-state index < -0.39 is 10.0 Å². The van der Waals surface area contributed by atoms with Crippen molar-refractivity contribution < 1.29 is 13.2 Å². The fourth-order valence-corrected chi connectivity index (χ4v) is 5.44. The number of carbonyl (C=O) groups is 1. The number of rotatable bonds is 5. The molecule has 2 aromatic rings. The average Bonchev–Trinajstić information content (AvgIpc) is 2.64. The number of sulfonamides is 1. The van der Waals surface area contributed by atoms with Gasteiger partial charge >= 0.3 is 0 Å². The minimum Gasteiger partial charge on any atom is -0.326 e. The smallest absolute Gasteiger partial charge is 0.227 e. The molecule has 0 bridgehead atoms. The largest absolute Gasteiger partial charge is 0.326 e. The molecule has 1 aliphatic heterocycles. The maximum absolute atomic E-state index is 12.7. The number of hydrogen-bond acceptors (Lipinski definition) is 3. The van der Waals surface area contributed by atoms with Gasteiger partial charge in [0.15, 0.2) is 0 Å². The first kappa shape index (κ1) is 21.6. The molecule has 0 radical (unpaired) electrons. The van der Waals surface area contributed by atoms with E-state index in [2.05, 4.69) is 21.2 Å². The van der Waals surface area contributed by atoms with Gasteiger partial charge in [0.05, 0.1) is 15.8 Å². The van der Waals surface area contributed by atoms with Crippen molar-refractivity contribution >= 4 is 60.7 Å². The van der Waals surface area contributed by atoms with Crippen LogP contribution in [-0.4, -0.2) is 31.7 Å². The number of nitrogens with zero attached hydrogens (tertiary/aromatic N) is 1. The Morgan fingerprint density at radius 2 is 1.82 bits per heavy atom. The molecule has 2 aromatic carbocycles. The molecule has 1 N–H and O–H groups in total. The van der Waals surface area contributed by atoms with Gasteiger partial charge in [0, 0.05) is 29.2 Å². The van der Waals surface area contributed by atoms with E-state index >= 15 is 0 Å². The Balaban J connectivity index is 1.57. The van der Waals surface area contributed by atoms with Crippen LogP contribution < -0.4 is 5.32 Å². The molecule has 0 aliphatic carbocycles. The highest BCUT2D eigenvalue weighted by atomic mass is 79.9. The Bertz CT molecular complexity index is 977. The minimum absolute atomic E-state index is 0.0490. The number of piperidine rings is 1. The SMILES string of the molecule is O=C(Nc1ccc(Cl)c(Cl)c1)C1CCN(S(=O)(=O)Cc2cccc(Br)c2)CC1. The first-order valence-electron chi connectivity index (χ1n) is 8.73. The van der Waals surface area contributed by atoms with E-state index in [1.165, 1.54) is 4.31 Å². The van der Waals surface area contributed by atoms with Crippen molar-refractivity contribution in [2.75, 3.05) is 18.4 Å². The Labute approximate surface area is 183 Å². The molecule has 5 nitrogen and oxygen atoms in total. The summed E-state index contributed by atoms with van der Waals surface area (Å²) in [6.45, 7) is 0.658. The Morgan fingerprint density at radius 1 is 1.11 bits per heavy atom. The zero-order valence-electron chi connectivity index (χ0n) is 14.9. The summed E-state index contributed by atoms with van der Waals surface area (Å²) in [6.07, 6.45) is 0.954. The van der Waals surface area contributed by atoms with Gasteiger partial charge < -0.3 is 5.32 Å². The van der Waals surface area contributed by atoms with Gasteiger partial charge in [-0.05, 0) is 48.7 Å². The van der Waals surface area contributed by atoms with Crippen LogP contribution in [0.1, 0.15) is 18.4 Å². The molecule has 28 heavy (non-hydrogen) atoms. The molecule has 0 atom stereocenters. The van der Waals surface area contributed by atoms with Crippen LogP contribution in [0.4, 0.5) is 5.69 Å². The minimum atomic E-state index is -3.42. The first-order valence-corrected chi connectivity index (χ1v) is 11.9. The highest BCUT2D eigenvalue weighted by molar-refractivity contribution is 9.10. The van der Waals surface area contributed by atoms with Crippen molar-refractivity contribution in [2.45, 2.75) is 18.6 Å². The van der Waals surface area contributed by atoms with Crippen molar-refractivity contribution in [1.29, 1.82) is 0 Å². The lowest BCUT2D eigenvalue weighted by molar-refractivity contribution is -0.120. The van der Waals surface area contributed by atoms with E-state index in [9.17, 15) is 13.2 Å². The van der Waals surface area contributed by atoms with E-state index in [1.54, 1.807) is 30.3 Å². The molecule has 1 aliphatic rings. The van der Waals surface area contributed by atoms with Crippen molar-refractivity contribution in [1.82, 2.24) is 4.31 Å². The highest BCUT2D eigenvalue weighted by Crippen LogP contribution is 2.27. The summed E-state index contributed by atoms with van der Waals surface area (Å²) in [5.74, 6) is -0.429. The lowest BCUT2D eigenvalue weighted by Crippen LogP contribution is -2.41. The number of halogens is 3. The third-order valence-electron chi connectivity index (χ3n) is 4.64. The van der Waals surface area contributed by atoms with E-state index in [1.807, 2.05) is 12.1 Å². The predicted molar refractivity (Wildman–Crippen MR) is 116 cm³/mol. The van der Waals surface area contributed by atoms with Crippen LogP contribution in [0.5, 0.6) is 0 Å². The first-order chi connectivity index (χ1) is 13.2. The second-order valence-corrected chi connectivity index (χ2v) is 10.4. The van der Waals surface area contributed by atoms with Gasteiger partial charge in [-0.1, -0.05) is 51.3 Å². The molecule has 1 fully saturated rings. The predicted octanol–water partition coefficient (Wildman–Crippen LogP) is 4.94.